The van der Waals surface area contributed by atoms with E-state index in [0.29, 0.717) is 5.56 Å². The standard InChI is InChI=1S/C17H26N6O5/c1-6-27-15(25)12-9(2)13(18)23-11(22-12)8-20-7-10(14(19)24)21-16(26)28-17(3,4)5/h8,10H,6-7H2,1-5H3,(H2,19,24)(H,21,26)(H2,18,22,23)/t10-/m0/s1. The third-order valence-electron chi connectivity index (χ3n) is 3.20. The molecule has 1 aromatic rings. The second-order valence-corrected chi connectivity index (χ2v) is 6.76. The molecule has 0 unspecified atom stereocenters. The zero-order chi connectivity index (χ0) is 21.5. The van der Waals surface area contributed by atoms with Crippen molar-refractivity contribution < 1.29 is 23.9 Å². The highest BCUT2D eigenvalue weighted by Crippen LogP contribution is 2.13. The van der Waals surface area contributed by atoms with Gasteiger partial charge in [0.1, 0.15) is 17.5 Å². The van der Waals surface area contributed by atoms with Crippen LogP contribution < -0.4 is 16.8 Å². The molecular weight excluding hydrogens is 368 g/mol. The number of carbonyl (C=O) groups excluding carboxylic acids is 3. The fourth-order valence-electron chi connectivity index (χ4n) is 1.90. The van der Waals surface area contributed by atoms with Crippen molar-refractivity contribution >= 4 is 30.0 Å². The lowest BCUT2D eigenvalue weighted by Gasteiger charge is -2.21. The Balaban J connectivity index is 2.90. The molecule has 1 heterocycles. The minimum absolute atomic E-state index is 0.0223. The summed E-state index contributed by atoms with van der Waals surface area (Å²) in [6.07, 6.45) is 0.414. The first kappa shape index (κ1) is 22.8. The van der Waals surface area contributed by atoms with Crippen molar-refractivity contribution in [3.8, 4) is 0 Å². The monoisotopic (exact) mass is 394 g/mol. The van der Waals surface area contributed by atoms with Crippen LogP contribution in [0.1, 0.15) is 49.6 Å². The molecule has 0 radical (unpaired) electrons. The molecule has 0 saturated carbocycles. The molecule has 11 nitrogen and oxygen atoms in total. The Morgan fingerprint density at radius 1 is 1.29 bits per heavy atom. The predicted molar refractivity (Wildman–Crippen MR) is 102 cm³/mol. The van der Waals surface area contributed by atoms with E-state index in [2.05, 4.69) is 20.3 Å². The smallest absolute Gasteiger partial charge is 0.408 e. The van der Waals surface area contributed by atoms with E-state index in [1.54, 1.807) is 34.6 Å². The summed E-state index contributed by atoms with van der Waals surface area (Å²) in [5, 5.41) is 2.34. The molecule has 1 aromatic heterocycles. The van der Waals surface area contributed by atoms with Crippen molar-refractivity contribution in [2.45, 2.75) is 46.3 Å². The molecule has 0 aliphatic carbocycles. The lowest BCUT2D eigenvalue weighted by Crippen LogP contribution is -2.48. The first-order valence-electron chi connectivity index (χ1n) is 8.54. The number of alkyl carbamates (subject to hydrolysis) is 1. The molecule has 1 atom stereocenters. The first-order valence-corrected chi connectivity index (χ1v) is 8.54. The summed E-state index contributed by atoms with van der Waals surface area (Å²) in [5.41, 5.74) is 10.7. The summed E-state index contributed by atoms with van der Waals surface area (Å²) in [6, 6.07) is -1.10. The Kier molecular flexibility index (Phi) is 7.84. The van der Waals surface area contributed by atoms with E-state index in [0.717, 1.165) is 0 Å². The van der Waals surface area contributed by atoms with Crippen molar-refractivity contribution in [3.05, 3.63) is 17.1 Å². The van der Waals surface area contributed by atoms with Crippen LogP contribution in [-0.4, -0.2) is 58.9 Å². The molecule has 11 heteroatoms. The Labute approximate surface area is 162 Å². The minimum Gasteiger partial charge on any atom is -0.461 e. The maximum absolute atomic E-state index is 11.9. The van der Waals surface area contributed by atoms with Gasteiger partial charge in [-0.3, -0.25) is 9.79 Å². The molecule has 0 fully saturated rings. The van der Waals surface area contributed by atoms with Gasteiger partial charge in [0.15, 0.2) is 11.5 Å². The number of amides is 2. The van der Waals surface area contributed by atoms with Gasteiger partial charge in [-0.15, -0.1) is 0 Å². The summed E-state index contributed by atoms with van der Waals surface area (Å²) >= 11 is 0. The average molecular weight is 394 g/mol. The van der Waals surface area contributed by atoms with Gasteiger partial charge in [-0.2, -0.15) is 0 Å². The van der Waals surface area contributed by atoms with Crippen LogP contribution in [0, 0.1) is 6.92 Å². The van der Waals surface area contributed by atoms with Crippen LogP contribution in [0.2, 0.25) is 0 Å². The molecule has 0 aliphatic rings. The zero-order valence-corrected chi connectivity index (χ0v) is 16.6. The molecule has 0 bridgehead atoms. The number of ether oxygens (including phenoxy) is 2. The number of nitrogens with zero attached hydrogens (tertiary/aromatic N) is 3. The molecular formula is C17H26N6O5. The van der Waals surface area contributed by atoms with Crippen LogP contribution in [0.3, 0.4) is 0 Å². The molecule has 0 aliphatic heterocycles. The summed E-state index contributed by atoms with van der Waals surface area (Å²) in [5.74, 6) is -1.28. The second kappa shape index (κ2) is 9.62. The molecule has 5 N–H and O–H groups in total. The Morgan fingerprint density at radius 3 is 2.46 bits per heavy atom. The normalized spacial score (nSPS) is 12.5. The van der Waals surface area contributed by atoms with Crippen molar-refractivity contribution in [1.82, 2.24) is 15.3 Å². The van der Waals surface area contributed by atoms with Gasteiger partial charge < -0.3 is 26.3 Å². The number of aliphatic imine (C=N–C) groups is 1. The van der Waals surface area contributed by atoms with E-state index in [4.69, 9.17) is 20.9 Å². The summed E-state index contributed by atoms with van der Waals surface area (Å²) in [4.78, 5) is 47.3. The average Bonchev–Trinajstić information content (AvgIpc) is 2.55. The van der Waals surface area contributed by atoms with Crippen LogP contribution in [0.4, 0.5) is 10.6 Å². The number of hydrogen-bond acceptors (Lipinski definition) is 9. The lowest BCUT2D eigenvalue weighted by molar-refractivity contribution is -0.119. The summed E-state index contributed by atoms with van der Waals surface area (Å²) in [6.45, 7) is 8.32. The molecule has 154 valence electrons. The van der Waals surface area contributed by atoms with Gasteiger partial charge in [0.2, 0.25) is 5.91 Å². The van der Waals surface area contributed by atoms with Gasteiger partial charge >= 0.3 is 12.1 Å². The Hall–Kier alpha value is -3.24. The van der Waals surface area contributed by atoms with Crippen LogP contribution in [0.15, 0.2) is 4.99 Å². The van der Waals surface area contributed by atoms with E-state index in [-0.39, 0.29) is 30.5 Å². The highest BCUT2D eigenvalue weighted by molar-refractivity contribution is 5.91. The van der Waals surface area contributed by atoms with Crippen LogP contribution in [-0.2, 0) is 14.3 Å². The number of primary amides is 1. The quantitative estimate of drug-likeness (QED) is 0.438. The fraction of sp³-hybridized carbons (Fsp3) is 0.529. The number of rotatable bonds is 7. The van der Waals surface area contributed by atoms with Crippen molar-refractivity contribution in [2.24, 2.45) is 10.7 Å². The topological polar surface area (TPSA) is 172 Å². The third-order valence-corrected chi connectivity index (χ3v) is 3.20. The molecule has 0 spiro atoms. The van der Waals surface area contributed by atoms with Gasteiger partial charge in [-0.25, -0.2) is 19.6 Å². The maximum Gasteiger partial charge on any atom is 0.408 e. The van der Waals surface area contributed by atoms with Crippen molar-refractivity contribution in [2.75, 3.05) is 18.9 Å². The van der Waals surface area contributed by atoms with Gasteiger partial charge in [-0.1, -0.05) is 0 Å². The van der Waals surface area contributed by atoms with Crippen molar-refractivity contribution in [1.29, 1.82) is 0 Å². The molecule has 28 heavy (non-hydrogen) atoms. The molecule has 1 rings (SSSR count). The first-order chi connectivity index (χ1) is 12.9. The highest BCUT2D eigenvalue weighted by Gasteiger charge is 2.22. The highest BCUT2D eigenvalue weighted by atomic mass is 16.6. The van der Waals surface area contributed by atoms with Crippen molar-refractivity contribution in [3.63, 3.8) is 0 Å². The number of nitrogens with two attached hydrogens (primary N) is 2. The zero-order valence-electron chi connectivity index (χ0n) is 16.6. The summed E-state index contributed by atoms with van der Waals surface area (Å²) < 4.78 is 10.00. The number of nitrogen functional groups attached to an aromatic ring is 1. The van der Waals surface area contributed by atoms with E-state index < -0.39 is 29.6 Å². The molecule has 0 aromatic carbocycles. The van der Waals surface area contributed by atoms with E-state index in [1.165, 1.54) is 6.21 Å². The van der Waals surface area contributed by atoms with Gasteiger partial charge in [0, 0.05) is 5.56 Å². The minimum atomic E-state index is -1.10. The van der Waals surface area contributed by atoms with E-state index >= 15 is 0 Å². The molecule has 2 amide bonds. The fourth-order valence-corrected chi connectivity index (χ4v) is 1.90. The number of esters is 1. The number of anilines is 1. The van der Waals surface area contributed by atoms with Gasteiger partial charge in [-0.05, 0) is 34.6 Å². The maximum atomic E-state index is 11.9. The predicted octanol–water partition coefficient (Wildman–Crippen LogP) is 0.341. The number of hydrogen-bond donors (Lipinski definition) is 3. The van der Waals surface area contributed by atoms with Gasteiger partial charge in [0.05, 0.1) is 19.4 Å². The lowest BCUT2D eigenvalue weighted by atomic mass is 10.2. The van der Waals surface area contributed by atoms with Gasteiger partial charge in [0.25, 0.3) is 0 Å². The van der Waals surface area contributed by atoms with E-state index in [9.17, 15) is 14.4 Å². The number of carbonyl (C=O) groups is 3. The second-order valence-electron chi connectivity index (χ2n) is 6.76. The molecule has 0 saturated heterocycles. The SMILES string of the molecule is CCOC(=O)c1nc(C=NC[C@H](NC(=O)OC(C)(C)C)C(N)=O)nc(N)c1C. The Morgan fingerprint density at radius 2 is 1.93 bits per heavy atom. The Bertz CT molecular complexity index is 772. The number of nitrogens with one attached hydrogen (secondary N) is 1. The van der Waals surface area contributed by atoms with Crippen LogP contribution in [0.5, 0.6) is 0 Å². The third kappa shape index (κ3) is 7.17. The largest absolute Gasteiger partial charge is 0.461 e. The van der Waals surface area contributed by atoms with Crippen LogP contribution in [0.25, 0.3) is 0 Å². The van der Waals surface area contributed by atoms with Crippen LogP contribution >= 0.6 is 0 Å². The van der Waals surface area contributed by atoms with E-state index in [1.807, 2.05) is 0 Å². The summed E-state index contributed by atoms with van der Waals surface area (Å²) in [7, 11) is 0. The number of aromatic nitrogens is 2.